The topological polar surface area (TPSA) is 40.5 Å². The highest BCUT2D eigenvalue weighted by Crippen LogP contribution is 2.59. The second kappa shape index (κ2) is 4.87. The predicted octanol–water partition coefficient (Wildman–Crippen LogP) is 3.34. The number of hydrogen-bond donors (Lipinski definition) is 1. The average molecular weight is 382 g/mol. The highest BCUT2D eigenvalue weighted by atomic mass is 79.9. The molecule has 4 aliphatic rings. The van der Waals surface area contributed by atoms with Crippen molar-refractivity contribution in [1.29, 1.82) is 0 Å². The van der Waals surface area contributed by atoms with Crippen molar-refractivity contribution >= 4 is 21.7 Å². The molecule has 0 radical (unpaired) electrons. The number of ketones is 1. The number of halogens is 2. The fourth-order valence-electron chi connectivity index (χ4n) is 5.03. The smallest absolute Gasteiger partial charge is 0.175 e. The van der Waals surface area contributed by atoms with E-state index < -0.39 is 16.8 Å². The molecule has 0 spiro atoms. The molecule has 3 heterocycles. The summed E-state index contributed by atoms with van der Waals surface area (Å²) < 4.78 is 15.0. The Morgan fingerprint density at radius 2 is 1.96 bits per heavy atom. The quantitative estimate of drug-likeness (QED) is 0.810. The molecular formula is C18H21BrFNO2. The van der Waals surface area contributed by atoms with Gasteiger partial charge in [0.25, 0.3) is 0 Å². The van der Waals surface area contributed by atoms with Gasteiger partial charge >= 0.3 is 0 Å². The van der Waals surface area contributed by atoms with Crippen molar-refractivity contribution in [1.82, 2.24) is 4.90 Å². The van der Waals surface area contributed by atoms with E-state index in [4.69, 9.17) is 0 Å². The number of rotatable bonds is 1. The number of benzene rings is 1. The molecule has 0 aromatic heterocycles. The normalized spacial score (nSPS) is 38.0. The van der Waals surface area contributed by atoms with Crippen LogP contribution in [0.5, 0.6) is 0 Å². The number of fused-ring (bicyclic) bond motifs is 4. The van der Waals surface area contributed by atoms with E-state index in [2.05, 4.69) is 20.8 Å². The van der Waals surface area contributed by atoms with Crippen LogP contribution in [0.4, 0.5) is 4.39 Å². The highest BCUT2D eigenvalue weighted by molar-refractivity contribution is 9.10. The van der Waals surface area contributed by atoms with E-state index in [1.807, 2.05) is 0 Å². The van der Waals surface area contributed by atoms with Crippen molar-refractivity contribution in [3.05, 3.63) is 33.5 Å². The van der Waals surface area contributed by atoms with Crippen LogP contribution in [0.1, 0.15) is 42.6 Å². The van der Waals surface area contributed by atoms with Crippen LogP contribution in [0.25, 0.3) is 0 Å². The van der Waals surface area contributed by atoms with Gasteiger partial charge in [-0.15, -0.1) is 0 Å². The molecule has 5 rings (SSSR count). The summed E-state index contributed by atoms with van der Waals surface area (Å²) in [4.78, 5) is 15.3. The summed E-state index contributed by atoms with van der Waals surface area (Å²) in [5.74, 6) is -0.467. The monoisotopic (exact) mass is 381 g/mol. The Morgan fingerprint density at radius 3 is 2.52 bits per heavy atom. The summed E-state index contributed by atoms with van der Waals surface area (Å²) in [7, 11) is 0. The minimum atomic E-state index is -1.33. The third-order valence-corrected chi connectivity index (χ3v) is 7.09. The van der Waals surface area contributed by atoms with Gasteiger partial charge in [0.1, 0.15) is 11.4 Å². The number of carbonyl (C=O) groups is 1. The van der Waals surface area contributed by atoms with Crippen molar-refractivity contribution in [2.75, 3.05) is 19.6 Å². The predicted molar refractivity (Wildman–Crippen MR) is 88.8 cm³/mol. The molecule has 0 saturated carbocycles. The molecule has 124 valence electrons. The van der Waals surface area contributed by atoms with Gasteiger partial charge in [0.15, 0.2) is 5.78 Å². The summed E-state index contributed by atoms with van der Waals surface area (Å²) in [6.07, 6.45) is 2.08. The second-order valence-corrected chi connectivity index (χ2v) is 8.60. The van der Waals surface area contributed by atoms with Crippen LogP contribution < -0.4 is 0 Å². The van der Waals surface area contributed by atoms with Crippen molar-refractivity contribution in [3.8, 4) is 0 Å². The lowest BCUT2D eigenvalue weighted by Crippen LogP contribution is -2.59. The van der Waals surface area contributed by atoms with Gasteiger partial charge in [-0.05, 0) is 57.8 Å². The molecule has 3 saturated heterocycles. The van der Waals surface area contributed by atoms with Crippen LogP contribution >= 0.6 is 15.9 Å². The molecule has 2 atom stereocenters. The molecule has 2 unspecified atom stereocenters. The van der Waals surface area contributed by atoms with Crippen LogP contribution in [0.15, 0.2) is 16.6 Å². The van der Waals surface area contributed by atoms with Crippen LogP contribution in [0, 0.1) is 23.1 Å². The SMILES string of the molecule is CC1(C)C(=O)c2c(F)ccc(Br)c2C1(O)C1CN2CCC1CC2. The molecule has 1 aliphatic carbocycles. The van der Waals surface area contributed by atoms with Crippen LogP contribution in [0.3, 0.4) is 0 Å². The summed E-state index contributed by atoms with van der Waals surface area (Å²) in [5, 5.41) is 11.8. The number of carbonyl (C=O) groups excluding carboxylic acids is 1. The van der Waals surface area contributed by atoms with Crippen LogP contribution in [0.2, 0.25) is 0 Å². The molecule has 1 aromatic carbocycles. The number of hydrogen-bond acceptors (Lipinski definition) is 3. The summed E-state index contributed by atoms with van der Waals surface area (Å²) >= 11 is 3.46. The Kier molecular flexibility index (Phi) is 3.33. The molecule has 3 nitrogen and oxygen atoms in total. The zero-order chi connectivity index (χ0) is 16.6. The first-order valence-corrected chi connectivity index (χ1v) is 9.05. The zero-order valence-electron chi connectivity index (χ0n) is 13.4. The van der Waals surface area contributed by atoms with Gasteiger partial charge in [-0.25, -0.2) is 4.39 Å². The molecule has 1 N–H and O–H groups in total. The van der Waals surface area contributed by atoms with Crippen molar-refractivity contribution in [2.45, 2.75) is 32.3 Å². The Morgan fingerprint density at radius 1 is 1.30 bits per heavy atom. The van der Waals surface area contributed by atoms with E-state index in [1.165, 1.54) is 6.07 Å². The van der Waals surface area contributed by atoms with Gasteiger partial charge in [0.2, 0.25) is 0 Å². The van der Waals surface area contributed by atoms with Gasteiger partial charge in [-0.2, -0.15) is 0 Å². The van der Waals surface area contributed by atoms with Gasteiger partial charge < -0.3 is 10.0 Å². The summed E-state index contributed by atoms with van der Waals surface area (Å²) in [6.45, 7) is 6.42. The number of Topliss-reactive ketones (excluding diaryl/α,β-unsaturated/α-hetero) is 1. The lowest BCUT2D eigenvalue weighted by molar-refractivity contribution is -0.146. The Hall–Kier alpha value is -0.780. The minimum Gasteiger partial charge on any atom is -0.384 e. The van der Waals surface area contributed by atoms with E-state index in [-0.39, 0.29) is 17.3 Å². The second-order valence-electron chi connectivity index (χ2n) is 7.74. The van der Waals surface area contributed by atoms with E-state index in [9.17, 15) is 14.3 Å². The molecular weight excluding hydrogens is 361 g/mol. The lowest BCUT2D eigenvalue weighted by atomic mass is 9.60. The first-order valence-electron chi connectivity index (χ1n) is 8.26. The third kappa shape index (κ3) is 1.84. The van der Waals surface area contributed by atoms with E-state index in [1.54, 1.807) is 19.9 Å². The van der Waals surface area contributed by atoms with Gasteiger partial charge in [-0.3, -0.25) is 4.79 Å². The number of piperidine rings is 3. The highest BCUT2D eigenvalue weighted by Gasteiger charge is 2.64. The lowest BCUT2D eigenvalue weighted by Gasteiger charge is -2.53. The number of nitrogens with zero attached hydrogens (tertiary/aromatic N) is 1. The van der Waals surface area contributed by atoms with Crippen molar-refractivity contribution in [2.24, 2.45) is 17.3 Å². The van der Waals surface area contributed by atoms with E-state index in [0.717, 1.165) is 32.5 Å². The maximum Gasteiger partial charge on any atom is 0.175 e. The first kappa shape index (κ1) is 15.7. The summed E-state index contributed by atoms with van der Waals surface area (Å²) in [5.41, 5.74) is -1.82. The van der Waals surface area contributed by atoms with Crippen LogP contribution in [-0.2, 0) is 5.60 Å². The van der Waals surface area contributed by atoms with Crippen molar-refractivity contribution in [3.63, 3.8) is 0 Å². The molecule has 3 fully saturated rings. The molecule has 5 heteroatoms. The van der Waals surface area contributed by atoms with E-state index >= 15 is 0 Å². The Bertz CT molecular complexity index is 697. The standard InChI is InChI=1S/C18H21BrFNO2/c1-17(2)16(22)14-13(20)4-3-12(19)15(14)18(17,23)11-9-21-7-5-10(11)6-8-21/h3-4,10-11,23H,5-9H2,1-2H3. The third-order valence-electron chi connectivity index (χ3n) is 6.43. The fraction of sp³-hybridized carbons (Fsp3) is 0.611. The molecule has 3 aliphatic heterocycles. The first-order chi connectivity index (χ1) is 10.8. The maximum atomic E-state index is 14.4. The van der Waals surface area contributed by atoms with Crippen molar-refractivity contribution < 1.29 is 14.3 Å². The van der Waals surface area contributed by atoms with Gasteiger partial charge in [0, 0.05) is 22.5 Å². The maximum absolute atomic E-state index is 14.4. The Labute approximate surface area is 144 Å². The Balaban J connectivity index is 1.94. The van der Waals surface area contributed by atoms with Gasteiger partial charge in [0.05, 0.1) is 11.0 Å². The largest absolute Gasteiger partial charge is 0.384 e. The minimum absolute atomic E-state index is 0.0386. The number of aliphatic hydroxyl groups is 1. The summed E-state index contributed by atoms with van der Waals surface area (Å²) in [6, 6.07) is 2.91. The molecule has 2 bridgehead atoms. The zero-order valence-corrected chi connectivity index (χ0v) is 15.0. The molecule has 1 aromatic rings. The average Bonchev–Trinajstić information content (AvgIpc) is 2.72. The molecule has 0 amide bonds. The fourth-order valence-corrected chi connectivity index (χ4v) is 5.66. The van der Waals surface area contributed by atoms with Crippen LogP contribution in [-0.4, -0.2) is 35.4 Å². The van der Waals surface area contributed by atoms with Gasteiger partial charge in [-0.1, -0.05) is 15.9 Å². The van der Waals surface area contributed by atoms with E-state index in [0.29, 0.717) is 16.0 Å². The molecule has 23 heavy (non-hydrogen) atoms.